The Kier molecular flexibility index (Phi) is 3.21. The van der Waals surface area contributed by atoms with E-state index in [2.05, 4.69) is 10.3 Å². The van der Waals surface area contributed by atoms with Crippen molar-refractivity contribution in [1.82, 2.24) is 10.3 Å². The first kappa shape index (κ1) is 11.4. The van der Waals surface area contributed by atoms with Crippen LogP contribution in [0.15, 0.2) is 18.3 Å². The fourth-order valence-electron chi connectivity index (χ4n) is 1.96. The maximum Gasteiger partial charge on any atom is 0.241 e. The van der Waals surface area contributed by atoms with E-state index in [9.17, 15) is 4.79 Å². The number of carbonyl (C=O) groups excluding carboxylic acids is 1. The number of nitriles is 1. The zero-order valence-corrected chi connectivity index (χ0v) is 9.26. The van der Waals surface area contributed by atoms with E-state index < -0.39 is 11.9 Å². The highest BCUT2D eigenvalue weighted by Crippen LogP contribution is 2.20. The summed E-state index contributed by atoms with van der Waals surface area (Å²) >= 11 is 0. The third kappa shape index (κ3) is 2.19. The number of nitrogens with two attached hydrogens (primary N) is 1. The molecule has 2 rings (SSSR count). The van der Waals surface area contributed by atoms with Crippen LogP contribution in [-0.4, -0.2) is 36.6 Å². The normalized spacial score (nSPS) is 19.7. The molecule has 1 amide bonds. The molecule has 0 radical (unpaired) electrons. The Balaban J connectivity index is 2.36. The standard InChI is InChI=1S/C11H13N5O/c12-6-8-9(2-1-3-15-8)16-5-4-14-7-10(16)11(13)17/h1-3,10,14H,4-5,7H2,(H2,13,17). The number of amides is 1. The topological polar surface area (TPSA) is 95.0 Å². The van der Waals surface area contributed by atoms with E-state index in [4.69, 9.17) is 11.0 Å². The largest absolute Gasteiger partial charge is 0.368 e. The molecular weight excluding hydrogens is 218 g/mol. The van der Waals surface area contributed by atoms with E-state index >= 15 is 0 Å². The van der Waals surface area contributed by atoms with Crippen LogP contribution in [0.1, 0.15) is 5.69 Å². The average Bonchev–Trinajstić information content (AvgIpc) is 2.38. The molecular formula is C11H13N5O. The molecule has 6 nitrogen and oxygen atoms in total. The first-order chi connectivity index (χ1) is 8.24. The predicted octanol–water partition coefficient (Wildman–Crippen LogP) is -0.783. The van der Waals surface area contributed by atoms with Gasteiger partial charge in [0.2, 0.25) is 5.91 Å². The van der Waals surface area contributed by atoms with Crippen molar-refractivity contribution in [2.75, 3.05) is 24.5 Å². The number of carbonyl (C=O) groups is 1. The minimum absolute atomic E-state index is 0.320. The lowest BCUT2D eigenvalue weighted by Crippen LogP contribution is -2.57. The van der Waals surface area contributed by atoms with Crippen LogP contribution in [0.2, 0.25) is 0 Å². The van der Waals surface area contributed by atoms with E-state index in [0.29, 0.717) is 24.5 Å². The highest BCUT2D eigenvalue weighted by Gasteiger charge is 2.28. The lowest BCUT2D eigenvalue weighted by molar-refractivity contribution is -0.119. The maximum absolute atomic E-state index is 11.4. The summed E-state index contributed by atoms with van der Waals surface area (Å²) in [6, 6.07) is 5.13. The molecule has 17 heavy (non-hydrogen) atoms. The van der Waals surface area contributed by atoms with Gasteiger partial charge in [-0.05, 0) is 12.1 Å². The maximum atomic E-state index is 11.4. The molecule has 1 fully saturated rings. The van der Waals surface area contributed by atoms with Crippen molar-refractivity contribution in [3.8, 4) is 6.07 Å². The summed E-state index contributed by atoms with van der Waals surface area (Å²) in [7, 11) is 0. The summed E-state index contributed by atoms with van der Waals surface area (Å²) in [5.41, 5.74) is 6.35. The van der Waals surface area contributed by atoms with Crippen molar-refractivity contribution in [3.05, 3.63) is 24.0 Å². The van der Waals surface area contributed by atoms with Gasteiger partial charge in [-0.15, -0.1) is 0 Å². The first-order valence-corrected chi connectivity index (χ1v) is 5.36. The fraction of sp³-hybridized carbons (Fsp3) is 0.364. The van der Waals surface area contributed by atoms with Crippen LogP contribution < -0.4 is 16.0 Å². The third-order valence-electron chi connectivity index (χ3n) is 2.77. The highest BCUT2D eigenvalue weighted by molar-refractivity contribution is 5.84. The third-order valence-corrected chi connectivity index (χ3v) is 2.77. The SMILES string of the molecule is N#Cc1ncccc1N1CCNCC1C(N)=O. The molecule has 6 heteroatoms. The number of nitrogens with one attached hydrogen (secondary N) is 1. The molecule has 1 aliphatic heterocycles. The van der Waals surface area contributed by atoms with Gasteiger partial charge in [-0.25, -0.2) is 4.98 Å². The zero-order valence-electron chi connectivity index (χ0n) is 9.26. The van der Waals surface area contributed by atoms with E-state index in [1.54, 1.807) is 18.3 Å². The van der Waals surface area contributed by atoms with E-state index in [-0.39, 0.29) is 0 Å². The van der Waals surface area contributed by atoms with Gasteiger partial charge < -0.3 is 16.0 Å². The summed E-state index contributed by atoms with van der Waals surface area (Å²) in [6.45, 7) is 1.88. The van der Waals surface area contributed by atoms with E-state index in [1.807, 2.05) is 11.0 Å². The zero-order chi connectivity index (χ0) is 12.3. The minimum atomic E-state index is -0.431. The van der Waals surface area contributed by atoms with Gasteiger partial charge in [-0.1, -0.05) is 0 Å². The molecule has 1 unspecified atom stereocenters. The molecule has 88 valence electrons. The van der Waals surface area contributed by atoms with Gasteiger partial charge in [0.15, 0.2) is 5.69 Å². The number of anilines is 1. The number of hydrogen-bond donors (Lipinski definition) is 2. The highest BCUT2D eigenvalue weighted by atomic mass is 16.1. The van der Waals surface area contributed by atoms with Crippen LogP contribution in [0.4, 0.5) is 5.69 Å². The number of hydrogen-bond acceptors (Lipinski definition) is 5. The Bertz CT molecular complexity index is 467. The molecule has 0 spiro atoms. The van der Waals surface area contributed by atoms with Gasteiger partial charge in [0.05, 0.1) is 5.69 Å². The molecule has 2 heterocycles. The molecule has 3 N–H and O–H groups in total. The minimum Gasteiger partial charge on any atom is -0.368 e. The van der Waals surface area contributed by atoms with Crippen LogP contribution in [-0.2, 0) is 4.79 Å². The van der Waals surface area contributed by atoms with Crippen molar-refractivity contribution in [2.45, 2.75) is 6.04 Å². The van der Waals surface area contributed by atoms with Crippen molar-refractivity contribution >= 4 is 11.6 Å². The Morgan fingerprint density at radius 1 is 1.71 bits per heavy atom. The van der Waals surface area contributed by atoms with Gasteiger partial charge in [0.25, 0.3) is 0 Å². The number of pyridine rings is 1. The summed E-state index contributed by atoms with van der Waals surface area (Å²) in [6.07, 6.45) is 1.56. The van der Waals surface area contributed by atoms with Gasteiger partial charge >= 0.3 is 0 Å². The van der Waals surface area contributed by atoms with Crippen molar-refractivity contribution < 1.29 is 4.79 Å². The molecule has 1 aromatic rings. The molecule has 1 aliphatic rings. The lowest BCUT2D eigenvalue weighted by atomic mass is 10.1. The van der Waals surface area contributed by atoms with Crippen LogP contribution in [0, 0.1) is 11.3 Å². The van der Waals surface area contributed by atoms with E-state index in [0.717, 1.165) is 6.54 Å². The van der Waals surface area contributed by atoms with Crippen LogP contribution in [0.5, 0.6) is 0 Å². The Morgan fingerprint density at radius 2 is 2.53 bits per heavy atom. The second-order valence-electron chi connectivity index (χ2n) is 3.80. The summed E-state index contributed by atoms with van der Waals surface area (Å²) in [4.78, 5) is 17.2. The Labute approximate surface area is 99.0 Å². The average molecular weight is 231 g/mol. The molecule has 0 aromatic carbocycles. The summed E-state index contributed by atoms with van der Waals surface area (Å²) < 4.78 is 0. The van der Waals surface area contributed by atoms with Crippen molar-refractivity contribution in [2.24, 2.45) is 5.73 Å². The predicted molar refractivity (Wildman–Crippen MR) is 62.2 cm³/mol. The van der Waals surface area contributed by atoms with Gasteiger partial charge in [0.1, 0.15) is 12.1 Å². The van der Waals surface area contributed by atoms with Crippen LogP contribution in [0.3, 0.4) is 0 Å². The number of piperazine rings is 1. The quantitative estimate of drug-likeness (QED) is 0.696. The van der Waals surface area contributed by atoms with Crippen LogP contribution >= 0.6 is 0 Å². The second kappa shape index (κ2) is 4.80. The van der Waals surface area contributed by atoms with Crippen molar-refractivity contribution in [1.29, 1.82) is 5.26 Å². The summed E-state index contributed by atoms with van der Waals surface area (Å²) in [5, 5.41) is 12.1. The van der Waals surface area contributed by atoms with Gasteiger partial charge in [-0.3, -0.25) is 4.79 Å². The number of primary amides is 1. The molecule has 0 bridgehead atoms. The van der Waals surface area contributed by atoms with Gasteiger partial charge in [-0.2, -0.15) is 5.26 Å². The molecule has 0 aliphatic carbocycles. The lowest BCUT2D eigenvalue weighted by Gasteiger charge is -2.36. The van der Waals surface area contributed by atoms with Crippen molar-refractivity contribution in [3.63, 3.8) is 0 Å². The first-order valence-electron chi connectivity index (χ1n) is 5.36. The molecule has 1 atom stereocenters. The Hall–Kier alpha value is -2.13. The van der Waals surface area contributed by atoms with Gasteiger partial charge in [0, 0.05) is 25.8 Å². The summed E-state index contributed by atoms with van der Waals surface area (Å²) in [5.74, 6) is -0.398. The molecule has 0 saturated carbocycles. The van der Waals surface area contributed by atoms with E-state index in [1.165, 1.54) is 0 Å². The smallest absolute Gasteiger partial charge is 0.241 e. The van der Waals surface area contributed by atoms with Crippen LogP contribution in [0.25, 0.3) is 0 Å². The monoisotopic (exact) mass is 231 g/mol. The fourth-order valence-corrected chi connectivity index (χ4v) is 1.96. The number of rotatable bonds is 2. The number of nitrogens with zero attached hydrogens (tertiary/aromatic N) is 3. The second-order valence-corrected chi connectivity index (χ2v) is 3.80. The Morgan fingerprint density at radius 3 is 3.24 bits per heavy atom. The molecule has 1 saturated heterocycles. The number of aromatic nitrogens is 1. The molecule has 1 aromatic heterocycles.